The molecule has 1 atom stereocenters. The van der Waals surface area contributed by atoms with Gasteiger partial charge in [-0.3, -0.25) is 14.6 Å². The van der Waals surface area contributed by atoms with Crippen LogP contribution in [0.15, 0.2) is 42.5 Å². The first kappa shape index (κ1) is 23.5. The lowest BCUT2D eigenvalue weighted by Gasteiger charge is -2.16. The van der Waals surface area contributed by atoms with Gasteiger partial charge in [0.25, 0.3) is 12.4 Å². The molecule has 0 radical (unpaired) electrons. The lowest BCUT2D eigenvalue weighted by atomic mass is 10.1. The van der Waals surface area contributed by atoms with Gasteiger partial charge in [0.2, 0.25) is 0 Å². The van der Waals surface area contributed by atoms with Crippen molar-refractivity contribution in [1.82, 2.24) is 15.2 Å². The van der Waals surface area contributed by atoms with E-state index in [2.05, 4.69) is 15.2 Å². The third-order valence-electron chi connectivity index (χ3n) is 5.08. The van der Waals surface area contributed by atoms with Crippen molar-refractivity contribution in [3.05, 3.63) is 53.7 Å². The summed E-state index contributed by atoms with van der Waals surface area (Å²) in [6.07, 6.45) is 2.21. The molecule has 30 heavy (non-hydrogen) atoms. The number of aryl methyl sites for hydroxylation is 1. The molecule has 1 aliphatic rings. The number of pyridine rings is 1. The van der Waals surface area contributed by atoms with Crippen LogP contribution in [0.1, 0.15) is 28.9 Å². The highest BCUT2D eigenvalue weighted by Gasteiger charge is 2.22. The second kappa shape index (κ2) is 12.7. The number of methoxy groups -OCH3 is 1. The molecule has 3 rings (SSSR count). The molecule has 2 heterocycles. The first-order valence-corrected chi connectivity index (χ1v) is 10.2. The SMILES string of the molecule is COCCCN1CCC(CNC(=O)c2ccc(-c3cccc(C)n3)cc2)C1.O=CO. The molecule has 0 spiro atoms. The van der Waals surface area contributed by atoms with Crippen molar-refractivity contribution < 1.29 is 19.4 Å². The summed E-state index contributed by atoms with van der Waals surface area (Å²) in [5, 5.41) is 9.98. The molecule has 1 unspecified atom stereocenters. The van der Waals surface area contributed by atoms with Crippen LogP contribution in [0.25, 0.3) is 11.3 Å². The van der Waals surface area contributed by atoms with Crippen LogP contribution in [-0.2, 0) is 9.53 Å². The van der Waals surface area contributed by atoms with E-state index in [1.807, 2.05) is 49.4 Å². The van der Waals surface area contributed by atoms with E-state index in [1.165, 1.54) is 0 Å². The standard InChI is InChI=1S/C22H29N3O2.CH2O2/c1-17-5-3-6-21(24-17)19-7-9-20(10-8-19)22(26)23-15-18-11-13-25(16-18)12-4-14-27-2;2-1-3/h3,5-10,18H,4,11-16H2,1-2H3,(H,23,26);1H,(H,2,3). The number of likely N-dealkylation sites (tertiary alicyclic amines) is 1. The second-order valence-corrected chi connectivity index (χ2v) is 7.36. The van der Waals surface area contributed by atoms with Gasteiger partial charge in [-0.05, 0) is 56.5 Å². The maximum Gasteiger partial charge on any atom is 0.290 e. The first-order chi connectivity index (χ1) is 14.6. The zero-order valence-electron chi connectivity index (χ0n) is 17.7. The zero-order valence-corrected chi connectivity index (χ0v) is 17.7. The summed E-state index contributed by atoms with van der Waals surface area (Å²) in [6.45, 7) is 6.52. The molecule has 0 saturated carbocycles. The molecule has 1 aliphatic heterocycles. The maximum atomic E-state index is 12.4. The number of rotatable bonds is 8. The molecule has 0 bridgehead atoms. The van der Waals surface area contributed by atoms with Crippen LogP contribution < -0.4 is 5.32 Å². The lowest BCUT2D eigenvalue weighted by molar-refractivity contribution is -0.122. The van der Waals surface area contributed by atoms with Crippen LogP contribution >= 0.6 is 0 Å². The van der Waals surface area contributed by atoms with Crippen molar-refractivity contribution in [2.24, 2.45) is 5.92 Å². The number of ether oxygens (including phenoxy) is 1. The second-order valence-electron chi connectivity index (χ2n) is 7.36. The number of aromatic nitrogens is 1. The van der Waals surface area contributed by atoms with Gasteiger partial charge in [-0.25, -0.2) is 0 Å². The average molecular weight is 414 g/mol. The van der Waals surface area contributed by atoms with Crippen molar-refractivity contribution in [2.75, 3.05) is 39.9 Å². The van der Waals surface area contributed by atoms with Gasteiger partial charge < -0.3 is 20.1 Å². The van der Waals surface area contributed by atoms with E-state index in [0.29, 0.717) is 11.5 Å². The molecule has 1 aromatic heterocycles. The number of benzene rings is 1. The topological polar surface area (TPSA) is 91.8 Å². The quantitative estimate of drug-likeness (QED) is 0.511. The minimum absolute atomic E-state index is 0.00316. The highest BCUT2D eigenvalue weighted by Crippen LogP contribution is 2.19. The smallest absolute Gasteiger partial charge is 0.290 e. The molecule has 2 N–H and O–H groups in total. The normalized spacial score (nSPS) is 15.9. The predicted octanol–water partition coefficient (Wildman–Crippen LogP) is 2.85. The molecule has 1 fully saturated rings. The van der Waals surface area contributed by atoms with Crippen LogP contribution in [0, 0.1) is 12.8 Å². The van der Waals surface area contributed by atoms with E-state index in [9.17, 15) is 4.79 Å². The van der Waals surface area contributed by atoms with E-state index in [1.54, 1.807) is 7.11 Å². The van der Waals surface area contributed by atoms with Gasteiger partial charge in [0.15, 0.2) is 0 Å². The van der Waals surface area contributed by atoms with Gasteiger partial charge in [0.05, 0.1) is 5.69 Å². The third kappa shape index (κ3) is 7.57. The highest BCUT2D eigenvalue weighted by molar-refractivity contribution is 5.94. The fraction of sp³-hybridized carbons (Fsp3) is 0.435. The van der Waals surface area contributed by atoms with Gasteiger partial charge >= 0.3 is 0 Å². The third-order valence-corrected chi connectivity index (χ3v) is 5.08. The summed E-state index contributed by atoms with van der Waals surface area (Å²) in [6, 6.07) is 13.6. The number of carbonyl (C=O) groups excluding carboxylic acids is 1. The summed E-state index contributed by atoms with van der Waals surface area (Å²) in [4.78, 5) is 27.8. The molecule has 7 heteroatoms. The van der Waals surface area contributed by atoms with E-state index in [-0.39, 0.29) is 12.4 Å². The van der Waals surface area contributed by atoms with Crippen LogP contribution in [0.2, 0.25) is 0 Å². The lowest BCUT2D eigenvalue weighted by Crippen LogP contribution is -2.31. The Morgan fingerprint density at radius 1 is 1.30 bits per heavy atom. The number of hydrogen-bond acceptors (Lipinski definition) is 5. The Morgan fingerprint density at radius 3 is 2.70 bits per heavy atom. The molecule has 0 aliphatic carbocycles. The molecule has 162 valence electrons. The van der Waals surface area contributed by atoms with Gasteiger partial charge in [-0.15, -0.1) is 0 Å². The summed E-state index contributed by atoms with van der Waals surface area (Å²) >= 11 is 0. The van der Waals surface area contributed by atoms with Crippen LogP contribution in [-0.4, -0.2) is 67.3 Å². The number of carboxylic acid groups (broad SMARTS) is 1. The van der Waals surface area contributed by atoms with Crippen molar-refractivity contribution in [3.8, 4) is 11.3 Å². The molecular weight excluding hydrogens is 382 g/mol. The van der Waals surface area contributed by atoms with Gasteiger partial charge in [0.1, 0.15) is 0 Å². The molecule has 1 saturated heterocycles. The Labute approximate surface area is 178 Å². The van der Waals surface area contributed by atoms with Crippen LogP contribution in [0.5, 0.6) is 0 Å². The first-order valence-electron chi connectivity index (χ1n) is 10.2. The van der Waals surface area contributed by atoms with Gasteiger partial charge in [-0.2, -0.15) is 0 Å². The Balaban J connectivity index is 0.00000101. The predicted molar refractivity (Wildman–Crippen MR) is 116 cm³/mol. The fourth-order valence-corrected chi connectivity index (χ4v) is 3.55. The molecule has 7 nitrogen and oxygen atoms in total. The van der Waals surface area contributed by atoms with Crippen molar-refractivity contribution in [1.29, 1.82) is 0 Å². The fourth-order valence-electron chi connectivity index (χ4n) is 3.55. The summed E-state index contributed by atoms with van der Waals surface area (Å²) in [5.74, 6) is 0.531. The number of nitrogens with zero attached hydrogens (tertiary/aromatic N) is 2. The van der Waals surface area contributed by atoms with E-state index < -0.39 is 0 Å². The van der Waals surface area contributed by atoms with Gasteiger partial charge in [0, 0.05) is 50.2 Å². The number of nitrogens with one attached hydrogen (secondary N) is 1. The van der Waals surface area contributed by atoms with Crippen molar-refractivity contribution in [2.45, 2.75) is 19.8 Å². The maximum absolute atomic E-state index is 12.4. The number of carbonyl (C=O) groups is 2. The average Bonchev–Trinajstić information content (AvgIpc) is 3.21. The Kier molecular flexibility index (Phi) is 9.97. The number of amides is 1. The van der Waals surface area contributed by atoms with Gasteiger partial charge in [-0.1, -0.05) is 18.2 Å². The van der Waals surface area contributed by atoms with Crippen molar-refractivity contribution >= 4 is 12.4 Å². The minimum Gasteiger partial charge on any atom is -0.483 e. The Morgan fingerprint density at radius 2 is 2.03 bits per heavy atom. The van der Waals surface area contributed by atoms with Crippen LogP contribution in [0.4, 0.5) is 0 Å². The monoisotopic (exact) mass is 413 g/mol. The summed E-state index contributed by atoms with van der Waals surface area (Å²) in [5.41, 5.74) is 3.64. The van der Waals surface area contributed by atoms with E-state index in [0.717, 1.165) is 62.6 Å². The molecular formula is C23H31N3O4. The molecule has 2 aromatic rings. The van der Waals surface area contributed by atoms with Crippen molar-refractivity contribution in [3.63, 3.8) is 0 Å². The molecule has 1 aromatic carbocycles. The Hall–Kier alpha value is -2.77. The largest absolute Gasteiger partial charge is 0.483 e. The minimum atomic E-state index is -0.250. The van der Waals surface area contributed by atoms with E-state index in [4.69, 9.17) is 14.6 Å². The summed E-state index contributed by atoms with van der Waals surface area (Å²) in [7, 11) is 1.74. The molecule has 1 amide bonds. The Bertz CT molecular complexity index is 795. The summed E-state index contributed by atoms with van der Waals surface area (Å²) < 4.78 is 5.11. The van der Waals surface area contributed by atoms with Crippen LogP contribution in [0.3, 0.4) is 0 Å². The van der Waals surface area contributed by atoms with E-state index >= 15 is 0 Å². The zero-order chi connectivity index (χ0) is 21.8. The highest BCUT2D eigenvalue weighted by atomic mass is 16.5. The number of hydrogen-bond donors (Lipinski definition) is 2.